The Hall–Kier alpha value is -1.21. The smallest absolute Gasteiger partial charge is 0.164 e. The van der Waals surface area contributed by atoms with Gasteiger partial charge >= 0.3 is 0 Å². The van der Waals surface area contributed by atoms with E-state index in [1.807, 2.05) is 16.3 Å². The van der Waals surface area contributed by atoms with Crippen molar-refractivity contribution in [3.8, 4) is 0 Å². The predicted molar refractivity (Wildman–Crippen MR) is 76.8 cm³/mol. The van der Waals surface area contributed by atoms with Gasteiger partial charge in [0.15, 0.2) is 5.82 Å². The monoisotopic (exact) mass is 326 g/mol. The van der Waals surface area contributed by atoms with Gasteiger partial charge in [-0.1, -0.05) is 6.92 Å². The van der Waals surface area contributed by atoms with Crippen molar-refractivity contribution in [3.63, 3.8) is 0 Å². The van der Waals surface area contributed by atoms with Crippen LogP contribution >= 0.6 is 15.9 Å². The quantitative estimate of drug-likeness (QED) is 0.878. The number of nitrogens with zero attached hydrogens (tertiary/aromatic N) is 5. The van der Waals surface area contributed by atoms with Crippen LogP contribution in [0.5, 0.6) is 0 Å². The number of halogens is 1. The molecule has 0 atom stereocenters. The number of rotatable bonds is 6. The molecule has 0 radical (unpaired) electrons. The Labute approximate surface area is 121 Å². The average molecular weight is 327 g/mol. The van der Waals surface area contributed by atoms with Gasteiger partial charge in [0.05, 0.1) is 29.0 Å². The first-order chi connectivity index (χ1) is 9.15. The van der Waals surface area contributed by atoms with E-state index in [0.717, 1.165) is 34.8 Å². The molecule has 0 aliphatic heterocycles. The topological polar surface area (TPSA) is 60.6 Å². The molecular formula is C12H19BrN6. The second kappa shape index (κ2) is 6.29. The summed E-state index contributed by atoms with van der Waals surface area (Å²) in [5, 5.41) is 12.1. The van der Waals surface area contributed by atoms with Gasteiger partial charge in [0.25, 0.3) is 0 Å². The van der Waals surface area contributed by atoms with Gasteiger partial charge in [-0.05, 0) is 36.3 Å². The third-order valence-corrected chi connectivity index (χ3v) is 3.91. The molecule has 2 aromatic rings. The molecule has 19 heavy (non-hydrogen) atoms. The average Bonchev–Trinajstić information content (AvgIpc) is 2.96. The maximum Gasteiger partial charge on any atom is 0.164 e. The van der Waals surface area contributed by atoms with E-state index in [4.69, 9.17) is 0 Å². The Kier molecular flexibility index (Phi) is 4.71. The molecule has 0 aromatic carbocycles. The summed E-state index contributed by atoms with van der Waals surface area (Å²) in [6.45, 7) is 9.29. The normalized spacial score (nSPS) is 11.2. The van der Waals surface area contributed by atoms with Gasteiger partial charge in [0, 0.05) is 6.54 Å². The fourth-order valence-corrected chi connectivity index (χ4v) is 2.31. The van der Waals surface area contributed by atoms with E-state index in [2.05, 4.69) is 50.3 Å². The van der Waals surface area contributed by atoms with Crippen LogP contribution in [0.1, 0.15) is 31.1 Å². The van der Waals surface area contributed by atoms with Crippen LogP contribution in [0.4, 0.5) is 0 Å². The molecular weight excluding hydrogens is 308 g/mol. The molecule has 0 amide bonds. The number of aromatic nitrogens is 5. The number of hydrogen-bond acceptors (Lipinski definition) is 4. The Morgan fingerprint density at radius 3 is 2.79 bits per heavy atom. The largest absolute Gasteiger partial charge is 0.310 e. The zero-order chi connectivity index (χ0) is 13.8. The first-order valence-electron chi connectivity index (χ1n) is 6.46. The minimum absolute atomic E-state index is 0.675. The van der Waals surface area contributed by atoms with Crippen molar-refractivity contribution in [2.24, 2.45) is 0 Å². The summed E-state index contributed by atoms with van der Waals surface area (Å²) in [5.74, 6) is 0.817. The molecule has 7 heteroatoms. The Morgan fingerprint density at radius 1 is 1.32 bits per heavy atom. The van der Waals surface area contributed by atoms with Gasteiger partial charge in [-0.15, -0.1) is 0 Å². The highest BCUT2D eigenvalue weighted by Gasteiger charge is 2.13. The summed E-state index contributed by atoms with van der Waals surface area (Å²) in [5.41, 5.74) is 2.13. The summed E-state index contributed by atoms with van der Waals surface area (Å²) in [6, 6.07) is 0. The van der Waals surface area contributed by atoms with Crippen molar-refractivity contribution in [1.82, 2.24) is 29.9 Å². The molecule has 0 spiro atoms. The Balaban J connectivity index is 2.14. The van der Waals surface area contributed by atoms with Gasteiger partial charge in [-0.3, -0.25) is 4.68 Å². The van der Waals surface area contributed by atoms with Crippen LogP contribution in [0.2, 0.25) is 0 Å². The molecule has 0 bridgehead atoms. The molecule has 2 aromatic heterocycles. The van der Waals surface area contributed by atoms with Crippen molar-refractivity contribution < 1.29 is 0 Å². The minimum Gasteiger partial charge on any atom is -0.310 e. The number of nitrogens with one attached hydrogen (secondary N) is 1. The molecule has 0 saturated heterocycles. The van der Waals surface area contributed by atoms with Crippen LogP contribution in [-0.2, 0) is 19.6 Å². The third kappa shape index (κ3) is 3.22. The molecule has 0 aliphatic carbocycles. The lowest BCUT2D eigenvalue weighted by atomic mass is 10.3. The van der Waals surface area contributed by atoms with Gasteiger partial charge < -0.3 is 5.32 Å². The first-order valence-corrected chi connectivity index (χ1v) is 7.25. The van der Waals surface area contributed by atoms with E-state index < -0.39 is 0 Å². The van der Waals surface area contributed by atoms with Crippen LogP contribution in [0.15, 0.2) is 10.8 Å². The summed E-state index contributed by atoms with van der Waals surface area (Å²) in [6.07, 6.45) is 1.77. The van der Waals surface area contributed by atoms with E-state index in [-0.39, 0.29) is 0 Å². The van der Waals surface area contributed by atoms with E-state index in [1.165, 1.54) is 0 Å². The second-order valence-electron chi connectivity index (χ2n) is 4.30. The lowest BCUT2D eigenvalue weighted by Crippen LogP contribution is -2.14. The minimum atomic E-state index is 0.675. The summed E-state index contributed by atoms with van der Waals surface area (Å²) < 4.78 is 4.89. The van der Waals surface area contributed by atoms with Crippen molar-refractivity contribution >= 4 is 15.9 Å². The highest BCUT2D eigenvalue weighted by molar-refractivity contribution is 9.10. The van der Waals surface area contributed by atoms with Crippen molar-refractivity contribution in [2.75, 3.05) is 6.54 Å². The van der Waals surface area contributed by atoms with Gasteiger partial charge in [-0.25, -0.2) is 9.67 Å². The Morgan fingerprint density at radius 2 is 2.11 bits per heavy atom. The zero-order valence-corrected chi connectivity index (χ0v) is 13.1. The SMILES string of the molecule is CCNCc1ncn(Cc2c(Br)c(C)nn2CC)n1. The lowest BCUT2D eigenvalue weighted by Gasteiger charge is -2.05. The Bertz CT molecular complexity index is 544. The second-order valence-corrected chi connectivity index (χ2v) is 5.09. The van der Waals surface area contributed by atoms with E-state index in [9.17, 15) is 0 Å². The van der Waals surface area contributed by atoms with Gasteiger partial charge in [-0.2, -0.15) is 10.2 Å². The maximum atomic E-state index is 4.48. The van der Waals surface area contributed by atoms with Crippen molar-refractivity contribution in [2.45, 2.75) is 40.4 Å². The molecule has 0 fully saturated rings. The van der Waals surface area contributed by atoms with E-state index in [0.29, 0.717) is 13.1 Å². The predicted octanol–water partition coefficient (Wildman–Crippen LogP) is 1.72. The van der Waals surface area contributed by atoms with Gasteiger partial charge in [0.2, 0.25) is 0 Å². The molecule has 2 rings (SSSR count). The molecule has 0 saturated carbocycles. The van der Waals surface area contributed by atoms with Crippen molar-refractivity contribution in [1.29, 1.82) is 0 Å². The maximum absolute atomic E-state index is 4.48. The molecule has 1 N–H and O–H groups in total. The molecule has 0 aliphatic rings. The standard InChI is InChI=1S/C12H19BrN6/c1-4-14-6-11-15-8-18(17-11)7-10-12(13)9(3)16-19(10)5-2/h8,14H,4-7H2,1-3H3. The molecule has 2 heterocycles. The number of hydrogen-bond donors (Lipinski definition) is 1. The molecule has 6 nitrogen and oxygen atoms in total. The highest BCUT2D eigenvalue weighted by atomic mass is 79.9. The van der Waals surface area contributed by atoms with Crippen LogP contribution < -0.4 is 5.32 Å². The molecule has 0 unspecified atom stereocenters. The summed E-state index contributed by atoms with van der Waals surface area (Å²) in [7, 11) is 0. The van der Waals surface area contributed by atoms with Crippen LogP contribution in [-0.4, -0.2) is 31.1 Å². The zero-order valence-electron chi connectivity index (χ0n) is 11.5. The van der Waals surface area contributed by atoms with Crippen LogP contribution in [0.25, 0.3) is 0 Å². The van der Waals surface area contributed by atoms with E-state index in [1.54, 1.807) is 6.33 Å². The first kappa shape index (κ1) is 14.2. The fraction of sp³-hybridized carbons (Fsp3) is 0.583. The summed E-state index contributed by atoms with van der Waals surface area (Å²) in [4.78, 5) is 4.29. The van der Waals surface area contributed by atoms with Crippen LogP contribution in [0, 0.1) is 6.92 Å². The summed E-state index contributed by atoms with van der Waals surface area (Å²) >= 11 is 3.59. The van der Waals surface area contributed by atoms with Crippen LogP contribution in [0.3, 0.4) is 0 Å². The molecule has 104 valence electrons. The highest BCUT2D eigenvalue weighted by Crippen LogP contribution is 2.21. The van der Waals surface area contributed by atoms with E-state index >= 15 is 0 Å². The third-order valence-electron chi connectivity index (χ3n) is 2.88. The fourth-order valence-electron chi connectivity index (χ4n) is 1.90. The lowest BCUT2D eigenvalue weighted by molar-refractivity contribution is 0.567. The van der Waals surface area contributed by atoms with Crippen molar-refractivity contribution in [3.05, 3.63) is 28.0 Å². The van der Waals surface area contributed by atoms with Gasteiger partial charge in [0.1, 0.15) is 6.33 Å². The number of aryl methyl sites for hydroxylation is 2.